The van der Waals surface area contributed by atoms with E-state index in [0.29, 0.717) is 43.3 Å². The van der Waals surface area contributed by atoms with Crippen LogP contribution < -0.4 is 4.90 Å². The number of pyridine rings is 1. The fourth-order valence-electron chi connectivity index (χ4n) is 5.90. The minimum absolute atomic E-state index is 0.0786. The fourth-order valence-corrected chi connectivity index (χ4v) is 5.90. The molecule has 0 saturated carbocycles. The van der Waals surface area contributed by atoms with Crippen molar-refractivity contribution in [3.8, 4) is 6.07 Å². The Morgan fingerprint density at radius 2 is 1.66 bits per heavy atom. The second kappa shape index (κ2) is 10.1. The molecular weight excluding hydrogens is 490 g/mol. The fraction of sp³-hybridized carbons (Fsp3) is 0.393. The number of nitrogens with zero attached hydrogens (tertiary/aromatic N) is 6. The summed E-state index contributed by atoms with van der Waals surface area (Å²) in [6.45, 7) is 5.22. The Labute approximate surface area is 219 Å². The smallest absolute Gasteiger partial charge is 0.228 e. The molecule has 1 N–H and O–H groups in total. The summed E-state index contributed by atoms with van der Waals surface area (Å²) >= 11 is 0. The first-order valence-corrected chi connectivity index (χ1v) is 12.6. The van der Waals surface area contributed by atoms with Crippen LogP contribution in [0.1, 0.15) is 36.7 Å². The van der Waals surface area contributed by atoms with Crippen molar-refractivity contribution < 1.29 is 18.7 Å². The number of hydrogen-bond acceptors (Lipinski definition) is 7. The number of rotatable bonds is 4. The molecule has 3 aromatic rings. The van der Waals surface area contributed by atoms with Crippen LogP contribution >= 0.6 is 0 Å². The maximum Gasteiger partial charge on any atom is 0.228 e. The molecule has 5 rings (SSSR count). The van der Waals surface area contributed by atoms with Gasteiger partial charge in [0.05, 0.1) is 17.7 Å². The van der Waals surface area contributed by atoms with E-state index in [1.807, 2.05) is 24.8 Å². The molecule has 2 saturated heterocycles. The minimum atomic E-state index is -1.21. The molecule has 2 aliphatic heterocycles. The predicted octanol–water partition coefficient (Wildman–Crippen LogP) is 3.24. The number of halogens is 2. The van der Waals surface area contributed by atoms with Crippen LogP contribution in [0.2, 0.25) is 0 Å². The van der Waals surface area contributed by atoms with Gasteiger partial charge < -0.3 is 14.9 Å². The van der Waals surface area contributed by atoms with E-state index in [1.54, 1.807) is 35.2 Å². The Hall–Kier alpha value is -3.97. The van der Waals surface area contributed by atoms with Gasteiger partial charge in [0.2, 0.25) is 5.91 Å². The summed E-state index contributed by atoms with van der Waals surface area (Å²) in [6.07, 6.45) is 1.15. The molecule has 2 aliphatic rings. The maximum absolute atomic E-state index is 14.0. The van der Waals surface area contributed by atoms with Gasteiger partial charge in [0.25, 0.3) is 0 Å². The third-order valence-corrected chi connectivity index (χ3v) is 7.97. The lowest BCUT2D eigenvalue weighted by Crippen LogP contribution is -2.57. The first-order valence-electron chi connectivity index (χ1n) is 12.6. The number of carbonyl (C=O) groups is 1. The molecule has 0 radical (unpaired) electrons. The zero-order chi connectivity index (χ0) is 27.0. The van der Waals surface area contributed by atoms with E-state index in [1.165, 1.54) is 18.2 Å². The second-order valence-corrected chi connectivity index (χ2v) is 10.3. The quantitative estimate of drug-likeness (QED) is 0.565. The highest BCUT2D eigenvalue weighted by atomic mass is 19.1. The van der Waals surface area contributed by atoms with Crippen molar-refractivity contribution in [2.45, 2.75) is 25.4 Å². The van der Waals surface area contributed by atoms with E-state index < -0.39 is 17.3 Å². The van der Waals surface area contributed by atoms with Crippen LogP contribution in [0.5, 0.6) is 0 Å². The average Bonchev–Trinajstić information content (AvgIpc) is 3.37. The topological polar surface area (TPSA) is 106 Å². The summed E-state index contributed by atoms with van der Waals surface area (Å²) in [4.78, 5) is 22.0. The summed E-state index contributed by atoms with van der Waals surface area (Å²) in [6, 6.07) is 14.0. The van der Waals surface area contributed by atoms with Crippen molar-refractivity contribution in [1.82, 2.24) is 20.1 Å². The minimum Gasteiger partial charge on any atom is -0.384 e. The molecule has 38 heavy (non-hydrogen) atoms. The van der Waals surface area contributed by atoms with Gasteiger partial charge in [0.1, 0.15) is 17.7 Å². The summed E-state index contributed by atoms with van der Waals surface area (Å²) in [5, 5.41) is 28.8. The van der Waals surface area contributed by atoms with E-state index in [2.05, 4.69) is 15.2 Å². The summed E-state index contributed by atoms with van der Waals surface area (Å²) in [7, 11) is 0. The number of likely N-dealkylation sites (tertiary alicyclic amines) is 1. The number of carbonyl (C=O) groups excluding carboxylic acids is 1. The predicted molar refractivity (Wildman–Crippen MR) is 135 cm³/mol. The van der Waals surface area contributed by atoms with E-state index in [-0.39, 0.29) is 35.2 Å². The normalized spacial score (nSPS) is 27.3. The Morgan fingerprint density at radius 1 is 0.974 bits per heavy atom. The van der Waals surface area contributed by atoms with E-state index >= 15 is 0 Å². The van der Waals surface area contributed by atoms with E-state index in [9.17, 15) is 18.7 Å². The van der Waals surface area contributed by atoms with Gasteiger partial charge in [0, 0.05) is 49.6 Å². The van der Waals surface area contributed by atoms with Gasteiger partial charge in [-0.15, -0.1) is 10.2 Å². The van der Waals surface area contributed by atoms with E-state index in [0.717, 1.165) is 6.20 Å². The SMILES string of the molecule is C[C@@H]1CN(C(=O)[C@@H]2CN(c3ccc(C#N)nn3)C[C@H]2c2ccc(F)cn2)C[C@H](C)[C@]1(O)c1ccc(F)cc1. The van der Waals surface area contributed by atoms with Crippen molar-refractivity contribution >= 4 is 11.7 Å². The number of amides is 1. The highest BCUT2D eigenvalue weighted by Crippen LogP contribution is 2.43. The van der Waals surface area contributed by atoms with Crippen LogP contribution in [0, 0.1) is 40.7 Å². The van der Waals surface area contributed by atoms with Gasteiger partial charge in [0.15, 0.2) is 11.5 Å². The van der Waals surface area contributed by atoms with Gasteiger partial charge in [-0.1, -0.05) is 26.0 Å². The third-order valence-electron chi connectivity index (χ3n) is 7.97. The summed E-state index contributed by atoms with van der Waals surface area (Å²) in [5.74, 6) is -1.77. The number of anilines is 1. The van der Waals surface area contributed by atoms with Crippen molar-refractivity contribution in [2.75, 3.05) is 31.1 Å². The standard InChI is InChI=1S/C28H28F2N6O2/c1-17-13-36(14-18(2)28(17,38)19-3-5-20(29)6-4-19)27(37)24-16-35(26-10-8-22(11-31)33-34-26)15-23(24)25-9-7-21(30)12-32-25/h3-10,12,17-18,23-24,38H,13-16H2,1-2H3/t17-,18+,23-,24-,28+/m1/s1. The lowest BCUT2D eigenvalue weighted by atomic mass is 9.70. The molecule has 4 heterocycles. The molecule has 8 nitrogen and oxygen atoms in total. The molecule has 2 aromatic heterocycles. The van der Waals surface area contributed by atoms with E-state index in [4.69, 9.17) is 5.26 Å². The van der Waals surface area contributed by atoms with Crippen molar-refractivity contribution in [3.63, 3.8) is 0 Å². The Morgan fingerprint density at radius 3 is 2.24 bits per heavy atom. The first kappa shape index (κ1) is 25.7. The Bertz CT molecular complexity index is 1330. The molecule has 2 fully saturated rings. The average molecular weight is 519 g/mol. The number of aromatic nitrogens is 3. The highest BCUT2D eigenvalue weighted by Gasteiger charge is 2.49. The number of piperidine rings is 1. The molecule has 10 heteroatoms. The van der Waals surface area contributed by atoms with Gasteiger partial charge in [-0.05, 0) is 42.0 Å². The van der Waals surface area contributed by atoms with Crippen molar-refractivity contribution in [3.05, 3.63) is 83.3 Å². The van der Waals surface area contributed by atoms with Crippen LogP contribution in [-0.4, -0.2) is 57.3 Å². The monoisotopic (exact) mass is 518 g/mol. The van der Waals surface area contributed by atoms with Gasteiger partial charge >= 0.3 is 0 Å². The van der Waals surface area contributed by atoms with Crippen LogP contribution in [0.25, 0.3) is 0 Å². The lowest BCUT2D eigenvalue weighted by molar-refractivity contribution is -0.152. The largest absolute Gasteiger partial charge is 0.384 e. The van der Waals surface area contributed by atoms with Crippen molar-refractivity contribution in [2.24, 2.45) is 17.8 Å². The summed E-state index contributed by atoms with van der Waals surface area (Å²) < 4.78 is 27.1. The molecule has 0 spiro atoms. The van der Waals surface area contributed by atoms with Crippen LogP contribution in [0.4, 0.5) is 14.6 Å². The molecular formula is C28H28F2N6O2. The summed E-state index contributed by atoms with van der Waals surface area (Å²) in [5.41, 5.74) is 0.227. The molecule has 5 atom stereocenters. The van der Waals surface area contributed by atoms with Crippen LogP contribution in [0.3, 0.4) is 0 Å². The zero-order valence-electron chi connectivity index (χ0n) is 21.1. The van der Waals surface area contributed by atoms with Crippen LogP contribution in [-0.2, 0) is 10.4 Å². The van der Waals surface area contributed by atoms with Crippen LogP contribution in [0.15, 0.2) is 54.7 Å². The van der Waals surface area contributed by atoms with Gasteiger partial charge in [-0.25, -0.2) is 8.78 Å². The lowest BCUT2D eigenvalue weighted by Gasteiger charge is -2.48. The molecule has 1 aromatic carbocycles. The Kier molecular flexibility index (Phi) is 6.80. The highest BCUT2D eigenvalue weighted by molar-refractivity contribution is 5.81. The Balaban J connectivity index is 1.40. The molecule has 0 bridgehead atoms. The molecule has 196 valence electrons. The molecule has 0 aliphatic carbocycles. The number of aliphatic hydroxyl groups is 1. The van der Waals surface area contributed by atoms with Gasteiger partial charge in [-0.3, -0.25) is 9.78 Å². The van der Waals surface area contributed by atoms with Gasteiger partial charge in [-0.2, -0.15) is 5.26 Å². The molecule has 0 unspecified atom stereocenters. The number of benzene rings is 1. The van der Waals surface area contributed by atoms with Crippen molar-refractivity contribution in [1.29, 1.82) is 5.26 Å². The second-order valence-electron chi connectivity index (χ2n) is 10.3. The zero-order valence-corrected chi connectivity index (χ0v) is 21.1. The number of nitriles is 1. The number of hydrogen-bond donors (Lipinski definition) is 1. The first-order chi connectivity index (χ1) is 18.2. The molecule has 1 amide bonds. The third kappa shape index (κ3) is 4.58. The maximum atomic E-state index is 14.0.